The van der Waals surface area contributed by atoms with Gasteiger partial charge in [0.1, 0.15) is 5.82 Å². The van der Waals surface area contributed by atoms with Crippen LogP contribution in [0.5, 0.6) is 11.5 Å². The van der Waals surface area contributed by atoms with Gasteiger partial charge in [0, 0.05) is 69.9 Å². The number of carbonyl (C=O) groups excluding carboxylic acids is 2. The van der Waals surface area contributed by atoms with Gasteiger partial charge in [-0.1, -0.05) is 12.5 Å². The molecule has 0 bridgehead atoms. The summed E-state index contributed by atoms with van der Waals surface area (Å²) in [6, 6.07) is 10.9. The Morgan fingerprint density at radius 1 is 0.971 bits per heavy atom. The van der Waals surface area contributed by atoms with Gasteiger partial charge < -0.3 is 29.9 Å². The predicted octanol–water partition coefficient (Wildman–Crippen LogP) is 3.37. The zero-order valence-corrected chi connectivity index (χ0v) is 19.3. The van der Waals surface area contributed by atoms with Crippen LogP contribution in [-0.2, 0) is 4.79 Å². The number of amides is 3. The number of anilines is 2. The quantitative estimate of drug-likeness (QED) is 0.703. The van der Waals surface area contributed by atoms with Crippen LogP contribution in [0, 0.1) is 0 Å². The van der Waals surface area contributed by atoms with Crippen LogP contribution in [0.25, 0.3) is 0 Å². The molecule has 1 saturated carbocycles. The van der Waals surface area contributed by atoms with Crippen molar-refractivity contribution in [3.8, 4) is 11.5 Å². The fraction of sp³-hybridized carbons (Fsp3) is 0.480. The molecule has 2 aromatic rings. The molecule has 180 valence electrons. The van der Waals surface area contributed by atoms with Crippen LogP contribution in [-0.4, -0.2) is 60.3 Å². The molecule has 1 aliphatic carbocycles. The second-order valence-electron chi connectivity index (χ2n) is 9.02. The number of hydrogen-bond donors (Lipinski definition) is 2. The van der Waals surface area contributed by atoms with Gasteiger partial charge in [-0.3, -0.25) is 4.79 Å². The van der Waals surface area contributed by atoms with E-state index < -0.39 is 5.79 Å². The topological polar surface area (TPSA) is 96.0 Å². The molecule has 3 heterocycles. The van der Waals surface area contributed by atoms with Crippen LogP contribution < -0.4 is 25.0 Å². The number of urea groups is 1. The Morgan fingerprint density at radius 2 is 1.76 bits per heavy atom. The Balaban J connectivity index is 1.04. The van der Waals surface area contributed by atoms with Gasteiger partial charge in [-0.2, -0.15) is 0 Å². The van der Waals surface area contributed by atoms with Crippen LogP contribution in [0.1, 0.15) is 38.5 Å². The molecule has 2 N–H and O–H groups in total. The van der Waals surface area contributed by atoms with Crippen LogP contribution in [0.4, 0.5) is 16.3 Å². The maximum absolute atomic E-state index is 12.5. The highest BCUT2D eigenvalue weighted by molar-refractivity contribution is 5.90. The Morgan fingerprint density at radius 3 is 2.53 bits per heavy atom. The van der Waals surface area contributed by atoms with Gasteiger partial charge in [0.25, 0.3) is 5.79 Å². The third kappa shape index (κ3) is 5.03. The first kappa shape index (κ1) is 22.3. The van der Waals surface area contributed by atoms with Crippen molar-refractivity contribution >= 4 is 23.4 Å². The molecule has 0 radical (unpaired) electrons. The number of pyridine rings is 1. The number of benzene rings is 1. The van der Waals surface area contributed by atoms with Gasteiger partial charge in [-0.15, -0.1) is 0 Å². The van der Waals surface area contributed by atoms with Crippen molar-refractivity contribution < 1.29 is 19.1 Å². The van der Waals surface area contributed by atoms with E-state index in [1.165, 1.54) is 6.42 Å². The number of ether oxygens (including phenoxy) is 2. The van der Waals surface area contributed by atoms with Crippen LogP contribution in [0.2, 0.25) is 0 Å². The molecule has 2 fully saturated rings. The summed E-state index contributed by atoms with van der Waals surface area (Å²) in [5.41, 5.74) is 0.629. The van der Waals surface area contributed by atoms with Gasteiger partial charge >= 0.3 is 6.03 Å². The van der Waals surface area contributed by atoms with E-state index in [0.29, 0.717) is 24.5 Å². The number of carbonyl (C=O) groups is 2. The molecule has 9 heteroatoms. The summed E-state index contributed by atoms with van der Waals surface area (Å²) < 4.78 is 12.2. The third-order valence-corrected chi connectivity index (χ3v) is 6.64. The zero-order valence-electron chi connectivity index (χ0n) is 19.3. The summed E-state index contributed by atoms with van der Waals surface area (Å²) in [6.45, 7) is 3.09. The number of rotatable bonds is 5. The van der Waals surface area contributed by atoms with Crippen LogP contribution >= 0.6 is 0 Å². The zero-order chi connectivity index (χ0) is 23.4. The van der Waals surface area contributed by atoms with Crippen molar-refractivity contribution in [1.29, 1.82) is 0 Å². The maximum Gasteiger partial charge on any atom is 0.319 e. The number of fused-ring (bicyclic) bond motifs is 1. The fourth-order valence-electron chi connectivity index (χ4n) is 4.81. The Hall–Kier alpha value is -3.49. The Labute approximate surface area is 199 Å². The fourth-order valence-corrected chi connectivity index (χ4v) is 4.81. The SMILES string of the molecule is O=C(NCCC(=O)N1CCN(c2ccccn2)CC1)Nc1ccc2c(c1)OC1(CCCCC1)O2. The Kier molecular flexibility index (Phi) is 6.42. The molecule has 0 unspecified atom stereocenters. The molecule has 34 heavy (non-hydrogen) atoms. The molecule has 1 aromatic heterocycles. The molecule has 3 amide bonds. The average molecular weight is 466 g/mol. The first-order chi connectivity index (χ1) is 16.6. The summed E-state index contributed by atoms with van der Waals surface area (Å²) in [6.07, 6.45) is 7.22. The molecular weight excluding hydrogens is 434 g/mol. The lowest BCUT2D eigenvalue weighted by atomic mass is 9.94. The van der Waals surface area contributed by atoms with E-state index in [1.807, 2.05) is 29.2 Å². The van der Waals surface area contributed by atoms with Crippen molar-refractivity contribution in [1.82, 2.24) is 15.2 Å². The van der Waals surface area contributed by atoms with Gasteiger partial charge in [-0.05, 0) is 37.1 Å². The average Bonchev–Trinajstić information content (AvgIpc) is 3.21. The number of piperazine rings is 1. The number of nitrogens with zero attached hydrogens (tertiary/aromatic N) is 3. The molecule has 5 rings (SSSR count). The van der Waals surface area contributed by atoms with Crippen LogP contribution in [0.15, 0.2) is 42.6 Å². The van der Waals surface area contributed by atoms with Crippen LogP contribution in [0.3, 0.4) is 0 Å². The molecule has 9 nitrogen and oxygen atoms in total. The largest absolute Gasteiger partial charge is 0.448 e. The summed E-state index contributed by atoms with van der Waals surface area (Å²) in [4.78, 5) is 33.3. The molecule has 1 saturated heterocycles. The third-order valence-electron chi connectivity index (χ3n) is 6.64. The van der Waals surface area contributed by atoms with Crippen molar-refractivity contribution in [3.63, 3.8) is 0 Å². The second kappa shape index (κ2) is 9.79. The van der Waals surface area contributed by atoms with Gasteiger partial charge in [0.2, 0.25) is 5.91 Å². The minimum absolute atomic E-state index is 0.0434. The number of aromatic nitrogens is 1. The van der Waals surface area contributed by atoms with Crippen molar-refractivity contribution in [2.45, 2.75) is 44.3 Å². The summed E-state index contributed by atoms with van der Waals surface area (Å²) in [7, 11) is 0. The minimum atomic E-state index is -0.537. The van der Waals surface area contributed by atoms with E-state index in [0.717, 1.165) is 50.3 Å². The molecule has 1 spiro atoms. The lowest BCUT2D eigenvalue weighted by Gasteiger charge is -2.35. The molecule has 2 aliphatic heterocycles. The number of hydrogen-bond acceptors (Lipinski definition) is 6. The molecular formula is C25H31N5O4. The van der Waals surface area contributed by atoms with E-state index in [1.54, 1.807) is 18.3 Å². The van der Waals surface area contributed by atoms with E-state index in [2.05, 4.69) is 20.5 Å². The van der Waals surface area contributed by atoms with E-state index in [4.69, 9.17) is 9.47 Å². The van der Waals surface area contributed by atoms with E-state index >= 15 is 0 Å². The summed E-state index contributed by atoms with van der Waals surface area (Å²) in [5, 5.41) is 5.59. The van der Waals surface area contributed by atoms with Gasteiger partial charge in [0.05, 0.1) is 0 Å². The lowest BCUT2D eigenvalue weighted by molar-refractivity contribution is -0.131. The smallest absolute Gasteiger partial charge is 0.319 e. The standard InChI is InChI=1S/C25H31N5O4/c31-23(30-16-14-29(15-17-30)22-6-2-5-12-26-22)9-13-27-24(32)28-19-7-8-20-21(18-19)34-25(33-20)10-3-1-4-11-25/h2,5-8,12,18H,1,3-4,9-11,13-17H2,(H2,27,28,32). The number of nitrogens with one attached hydrogen (secondary N) is 2. The van der Waals surface area contributed by atoms with Gasteiger partial charge in [-0.25, -0.2) is 9.78 Å². The monoisotopic (exact) mass is 465 g/mol. The van der Waals surface area contributed by atoms with Gasteiger partial charge in [0.15, 0.2) is 11.5 Å². The lowest BCUT2D eigenvalue weighted by Crippen LogP contribution is -2.49. The highest BCUT2D eigenvalue weighted by Crippen LogP contribution is 2.46. The molecule has 0 atom stereocenters. The summed E-state index contributed by atoms with van der Waals surface area (Å²) >= 11 is 0. The molecule has 3 aliphatic rings. The normalized spacial score (nSPS) is 18.6. The maximum atomic E-state index is 12.5. The second-order valence-corrected chi connectivity index (χ2v) is 9.02. The minimum Gasteiger partial charge on any atom is -0.448 e. The van der Waals surface area contributed by atoms with E-state index in [-0.39, 0.29) is 24.9 Å². The first-order valence-electron chi connectivity index (χ1n) is 12.1. The highest BCUT2D eigenvalue weighted by atomic mass is 16.7. The highest BCUT2D eigenvalue weighted by Gasteiger charge is 2.42. The van der Waals surface area contributed by atoms with E-state index in [9.17, 15) is 9.59 Å². The molecule has 1 aromatic carbocycles. The van der Waals surface area contributed by atoms with Crippen molar-refractivity contribution in [2.24, 2.45) is 0 Å². The first-order valence-corrected chi connectivity index (χ1v) is 12.1. The predicted molar refractivity (Wildman–Crippen MR) is 128 cm³/mol. The Bertz CT molecular complexity index is 1020. The summed E-state index contributed by atoms with van der Waals surface area (Å²) in [5.74, 6) is 1.83. The van der Waals surface area contributed by atoms with Crippen molar-refractivity contribution in [2.75, 3.05) is 42.9 Å². The van der Waals surface area contributed by atoms with Crippen molar-refractivity contribution in [3.05, 3.63) is 42.6 Å².